The first kappa shape index (κ1) is 25.9. The van der Waals surface area contributed by atoms with Crippen molar-refractivity contribution in [1.29, 1.82) is 0 Å². The van der Waals surface area contributed by atoms with Gasteiger partial charge in [-0.2, -0.15) is 9.97 Å². The molecule has 0 spiro atoms. The largest absolute Gasteiger partial charge is 0.480 e. The van der Waals surface area contributed by atoms with E-state index in [1.54, 1.807) is 18.4 Å². The molecule has 4 atom stereocenters. The predicted octanol–water partition coefficient (Wildman–Crippen LogP) is 4.83. The second-order valence-electron chi connectivity index (χ2n) is 10.5. The highest BCUT2D eigenvalue weighted by atomic mass is 32.1. The summed E-state index contributed by atoms with van der Waals surface area (Å²) in [6.45, 7) is 7.71. The average molecular weight is 549 g/mol. The van der Waals surface area contributed by atoms with Gasteiger partial charge in [0.25, 0.3) is 0 Å². The summed E-state index contributed by atoms with van der Waals surface area (Å²) in [6, 6.07) is 11.7. The van der Waals surface area contributed by atoms with Gasteiger partial charge in [0.2, 0.25) is 11.8 Å². The molecule has 4 unspecified atom stereocenters. The summed E-state index contributed by atoms with van der Waals surface area (Å²) in [5.41, 5.74) is 4.18. The molecule has 1 aliphatic carbocycles. The Kier molecular flexibility index (Phi) is 6.62. The summed E-state index contributed by atoms with van der Waals surface area (Å²) >= 11 is 1.55. The van der Waals surface area contributed by atoms with Crippen molar-refractivity contribution in [2.24, 2.45) is 5.92 Å². The Hall–Kier alpha value is -3.38. The van der Waals surface area contributed by atoms with Gasteiger partial charge in [-0.3, -0.25) is 4.98 Å². The van der Waals surface area contributed by atoms with Crippen LogP contribution in [0.2, 0.25) is 0 Å². The molecule has 6 rings (SSSR count). The predicted molar refractivity (Wildman–Crippen MR) is 151 cm³/mol. The van der Waals surface area contributed by atoms with Crippen LogP contribution in [-0.2, 0) is 9.47 Å². The number of rotatable bonds is 7. The van der Waals surface area contributed by atoms with E-state index in [-0.39, 0.29) is 30.8 Å². The van der Waals surface area contributed by atoms with E-state index in [0.717, 1.165) is 32.3 Å². The van der Waals surface area contributed by atoms with Crippen LogP contribution in [0, 0.1) is 19.8 Å². The number of aryl methyl sites for hydroxylation is 2. The van der Waals surface area contributed by atoms with E-state index >= 15 is 0 Å². The van der Waals surface area contributed by atoms with Gasteiger partial charge in [0.1, 0.15) is 22.5 Å². The first-order valence-corrected chi connectivity index (χ1v) is 13.8. The number of nitrogens with zero attached hydrogens (tertiary/aromatic N) is 4. The average Bonchev–Trinajstić information content (AvgIpc) is 3.54. The number of hydrogen-bond acceptors (Lipinski definition) is 11. The maximum atomic E-state index is 10.1. The van der Waals surface area contributed by atoms with Crippen LogP contribution < -0.4 is 15.4 Å². The number of aliphatic hydroxyl groups excluding tert-OH is 1. The van der Waals surface area contributed by atoms with Crippen LogP contribution >= 0.6 is 11.3 Å². The van der Waals surface area contributed by atoms with E-state index in [9.17, 15) is 5.11 Å². The summed E-state index contributed by atoms with van der Waals surface area (Å²) in [7, 11) is 1.59. The van der Waals surface area contributed by atoms with Gasteiger partial charge in [-0.25, -0.2) is 4.98 Å². The first-order valence-electron chi connectivity index (χ1n) is 13.0. The van der Waals surface area contributed by atoms with Crippen molar-refractivity contribution in [2.75, 3.05) is 24.4 Å². The molecule has 204 valence electrons. The van der Waals surface area contributed by atoms with Gasteiger partial charge in [0, 0.05) is 29.6 Å². The number of anilines is 3. The number of ether oxygens (including phenoxy) is 3. The maximum Gasteiger partial charge on any atom is 0.232 e. The summed E-state index contributed by atoms with van der Waals surface area (Å²) in [6.07, 6.45) is 0.208. The molecule has 0 bridgehead atoms. The summed E-state index contributed by atoms with van der Waals surface area (Å²) in [5.74, 6) is 0.562. The standard InChI is InChI=1S/C28H32N6O4S/c1-14-10-17(11-15(2)29-14)30-27-33-24(31-19-12-16(13-35)22-23(19)38-28(3,4)37-22)21(25(34-27)36-5)26-32-18-8-6-7-9-20(18)39-26/h6-11,16,19,22-23,35H,12-13H2,1-5H3,(H2,29,30,31,33,34). The number of aliphatic hydroxyl groups is 1. The Morgan fingerprint density at radius 1 is 1.05 bits per heavy atom. The number of fused-ring (bicyclic) bond motifs is 2. The molecule has 4 aromatic rings. The van der Waals surface area contributed by atoms with Gasteiger partial charge < -0.3 is 30.0 Å². The molecule has 3 aromatic heterocycles. The molecule has 39 heavy (non-hydrogen) atoms. The molecule has 3 N–H and O–H groups in total. The second kappa shape index (κ2) is 9.98. The number of thiazole rings is 1. The van der Waals surface area contributed by atoms with E-state index in [1.165, 1.54) is 0 Å². The lowest BCUT2D eigenvalue weighted by molar-refractivity contribution is -0.158. The minimum atomic E-state index is -0.730. The number of methoxy groups -OCH3 is 1. The van der Waals surface area contributed by atoms with Gasteiger partial charge in [-0.1, -0.05) is 12.1 Å². The Morgan fingerprint density at radius 3 is 2.51 bits per heavy atom. The van der Waals surface area contributed by atoms with Crippen LogP contribution in [0.15, 0.2) is 36.4 Å². The fourth-order valence-electron chi connectivity index (χ4n) is 5.54. The number of hydrogen-bond donors (Lipinski definition) is 3. The molecule has 4 heterocycles. The smallest absolute Gasteiger partial charge is 0.232 e. The first-order chi connectivity index (χ1) is 18.7. The molecular weight excluding hydrogens is 516 g/mol. The van der Waals surface area contributed by atoms with E-state index in [1.807, 2.05) is 64.1 Å². The van der Waals surface area contributed by atoms with Crippen molar-refractivity contribution >= 4 is 39.0 Å². The topological polar surface area (TPSA) is 124 Å². The summed E-state index contributed by atoms with van der Waals surface area (Å²) in [4.78, 5) is 19.0. The summed E-state index contributed by atoms with van der Waals surface area (Å²) in [5, 5.41) is 17.8. The lowest BCUT2D eigenvalue weighted by Crippen LogP contribution is -2.35. The van der Waals surface area contributed by atoms with Gasteiger partial charge in [0.15, 0.2) is 5.79 Å². The molecule has 1 saturated carbocycles. The van der Waals surface area contributed by atoms with Crippen LogP contribution in [-0.4, -0.2) is 62.8 Å². The monoisotopic (exact) mass is 548 g/mol. The maximum absolute atomic E-state index is 10.1. The van der Waals surface area contributed by atoms with E-state index < -0.39 is 5.79 Å². The fraction of sp³-hybridized carbons (Fsp3) is 0.429. The Morgan fingerprint density at radius 2 is 1.79 bits per heavy atom. The molecule has 1 saturated heterocycles. The molecule has 1 aliphatic heterocycles. The van der Waals surface area contributed by atoms with Crippen molar-refractivity contribution in [3.8, 4) is 16.5 Å². The molecule has 0 radical (unpaired) electrons. The number of aromatic nitrogens is 4. The number of nitrogens with one attached hydrogen (secondary N) is 2. The highest BCUT2D eigenvalue weighted by Crippen LogP contribution is 2.45. The number of para-hydroxylation sites is 1. The zero-order chi connectivity index (χ0) is 27.3. The highest BCUT2D eigenvalue weighted by molar-refractivity contribution is 7.21. The molecule has 11 heteroatoms. The molecule has 10 nitrogen and oxygen atoms in total. The van der Waals surface area contributed by atoms with Crippen LogP contribution in [0.5, 0.6) is 5.88 Å². The highest BCUT2D eigenvalue weighted by Gasteiger charge is 2.54. The second-order valence-corrected chi connectivity index (χ2v) is 11.6. The molecule has 1 aromatic carbocycles. The van der Waals surface area contributed by atoms with Crippen LogP contribution in [0.25, 0.3) is 20.8 Å². The van der Waals surface area contributed by atoms with Gasteiger partial charge >= 0.3 is 0 Å². The van der Waals surface area contributed by atoms with Crippen molar-refractivity contribution in [3.63, 3.8) is 0 Å². The molecular formula is C28H32N6O4S. The number of pyridine rings is 1. The summed E-state index contributed by atoms with van der Waals surface area (Å²) < 4.78 is 19.3. The Bertz CT molecular complexity index is 1470. The van der Waals surface area contributed by atoms with E-state index in [4.69, 9.17) is 29.2 Å². The minimum absolute atomic E-state index is 0.0180. The quantitative estimate of drug-likeness (QED) is 0.296. The van der Waals surface area contributed by atoms with E-state index in [2.05, 4.69) is 15.6 Å². The third-order valence-electron chi connectivity index (χ3n) is 7.05. The van der Waals surface area contributed by atoms with Crippen molar-refractivity contribution in [1.82, 2.24) is 19.9 Å². The Labute approximate surface area is 230 Å². The van der Waals surface area contributed by atoms with E-state index in [0.29, 0.717) is 29.6 Å². The fourth-order valence-corrected chi connectivity index (χ4v) is 6.54. The van der Waals surface area contributed by atoms with Gasteiger partial charge in [-0.15, -0.1) is 11.3 Å². The van der Waals surface area contributed by atoms with Crippen molar-refractivity contribution in [2.45, 2.75) is 58.2 Å². The van der Waals surface area contributed by atoms with Crippen molar-refractivity contribution in [3.05, 3.63) is 47.8 Å². The zero-order valence-electron chi connectivity index (χ0n) is 22.6. The molecule has 2 fully saturated rings. The zero-order valence-corrected chi connectivity index (χ0v) is 23.4. The van der Waals surface area contributed by atoms with Crippen LogP contribution in [0.3, 0.4) is 0 Å². The normalized spacial score (nSPS) is 23.6. The van der Waals surface area contributed by atoms with Gasteiger partial charge in [0.05, 0.1) is 29.5 Å². The lowest BCUT2D eigenvalue weighted by Gasteiger charge is -2.25. The lowest BCUT2D eigenvalue weighted by atomic mass is 10.1. The van der Waals surface area contributed by atoms with Gasteiger partial charge in [-0.05, 0) is 58.4 Å². The number of benzene rings is 1. The SMILES string of the molecule is COc1nc(Nc2cc(C)nc(C)c2)nc(NC2CC(CO)C3OC(C)(C)OC23)c1-c1nc2ccccc2s1. The minimum Gasteiger partial charge on any atom is -0.480 e. The van der Waals surface area contributed by atoms with Crippen LogP contribution in [0.4, 0.5) is 17.5 Å². The van der Waals surface area contributed by atoms with Crippen LogP contribution in [0.1, 0.15) is 31.7 Å². The third-order valence-corrected chi connectivity index (χ3v) is 8.11. The molecule has 0 amide bonds. The molecule has 2 aliphatic rings. The van der Waals surface area contributed by atoms with Crippen molar-refractivity contribution < 1.29 is 19.3 Å². The Balaban J connectivity index is 1.44. The third kappa shape index (κ3) is 5.03.